The summed E-state index contributed by atoms with van der Waals surface area (Å²) in [4.78, 5) is 58.6. The molecule has 0 bridgehead atoms. The molecular formula is C132H81N15O3. The van der Waals surface area contributed by atoms with Crippen LogP contribution in [0.2, 0.25) is 0 Å². The van der Waals surface area contributed by atoms with Crippen LogP contribution in [0.1, 0.15) is 0 Å². The van der Waals surface area contributed by atoms with Crippen LogP contribution in [0.25, 0.3) is 284 Å². The third-order valence-electron chi connectivity index (χ3n) is 28.0. The van der Waals surface area contributed by atoms with E-state index >= 15 is 0 Å². The fourth-order valence-electron chi connectivity index (χ4n) is 20.9. The molecule has 12 aromatic heterocycles. The summed E-state index contributed by atoms with van der Waals surface area (Å²) in [6.07, 6.45) is 9.32. The summed E-state index contributed by atoms with van der Waals surface area (Å²) in [6, 6.07) is 158. The molecule has 0 N–H and O–H groups in total. The van der Waals surface area contributed by atoms with Gasteiger partial charge >= 0.3 is 0 Å². The number of hydrogen-bond donors (Lipinski definition) is 0. The highest BCUT2D eigenvalue weighted by molar-refractivity contribution is 6.15. The molecule has 0 aliphatic rings. The van der Waals surface area contributed by atoms with Crippen molar-refractivity contribution in [2.45, 2.75) is 0 Å². The summed E-state index contributed by atoms with van der Waals surface area (Å²) in [6.45, 7) is 0. The minimum atomic E-state index is 0.526. The quantitative estimate of drug-likeness (QED) is 0.0935. The van der Waals surface area contributed by atoms with Gasteiger partial charge in [-0.2, -0.15) is 0 Å². The van der Waals surface area contributed by atoms with Gasteiger partial charge in [-0.15, -0.1) is 0 Å². The highest BCUT2D eigenvalue weighted by Gasteiger charge is 2.26. The Bertz CT molecular complexity index is 10300. The first-order valence-electron chi connectivity index (χ1n) is 49.6. The first kappa shape index (κ1) is 87.1. The summed E-state index contributed by atoms with van der Waals surface area (Å²) >= 11 is 0. The van der Waals surface area contributed by atoms with Gasteiger partial charge in [0.05, 0.1) is 68.8 Å². The van der Waals surface area contributed by atoms with Crippen LogP contribution in [0.15, 0.2) is 505 Å². The van der Waals surface area contributed by atoms with Gasteiger partial charge in [0.15, 0.2) is 52.4 Å². The van der Waals surface area contributed by atoms with Crippen molar-refractivity contribution in [3.63, 3.8) is 0 Å². The second kappa shape index (κ2) is 36.9. The number of furan rings is 3. The molecule has 0 atom stereocenters. The molecule has 0 saturated carbocycles. The van der Waals surface area contributed by atoms with Gasteiger partial charge in [-0.05, 0) is 167 Å². The number of rotatable bonds is 15. The van der Waals surface area contributed by atoms with Gasteiger partial charge < -0.3 is 27.0 Å². The van der Waals surface area contributed by atoms with Crippen molar-refractivity contribution in [1.29, 1.82) is 0 Å². The molecule has 0 fully saturated rings. The zero-order valence-electron chi connectivity index (χ0n) is 80.2. The number of benzene rings is 18. The van der Waals surface area contributed by atoms with Gasteiger partial charge in [-0.3, -0.25) is 15.0 Å². The molecule has 0 saturated heterocycles. The maximum Gasteiger partial charge on any atom is 0.182 e. The molecule has 30 aromatic rings. The fourth-order valence-corrected chi connectivity index (χ4v) is 20.9. The van der Waals surface area contributed by atoms with Crippen LogP contribution in [0.3, 0.4) is 0 Å². The second-order valence-electron chi connectivity index (χ2n) is 37.0. The summed E-state index contributed by atoms with van der Waals surface area (Å²) in [5.41, 5.74) is 29.3. The molecule has 0 aliphatic carbocycles. The average molecular weight is 1930 g/mol. The molecule has 0 spiro atoms. The van der Waals surface area contributed by atoms with E-state index in [4.69, 9.17) is 68.1 Å². The van der Waals surface area contributed by atoms with Crippen molar-refractivity contribution >= 4 is 131 Å². The van der Waals surface area contributed by atoms with Crippen molar-refractivity contribution in [2.75, 3.05) is 0 Å². The number of hydrogen-bond acceptors (Lipinski definition) is 15. The van der Waals surface area contributed by atoms with Crippen molar-refractivity contribution < 1.29 is 13.3 Å². The molecule has 0 amide bonds. The van der Waals surface area contributed by atoms with Gasteiger partial charge in [0, 0.05) is 122 Å². The first-order valence-corrected chi connectivity index (χ1v) is 49.6. The molecule has 702 valence electrons. The Balaban J connectivity index is 0.000000108. The maximum absolute atomic E-state index is 6.24. The minimum absolute atomic E-state index is 0.526. The fraction of sp³-hybridized carbons (Fsp3) is 0. The van der Waals surface area contributed by atoms with Gasteiger partial charge in [0.1, 0.15) is 39.2 Å². The number of para-hydroxylation sites is 6. The number of nitrogens with zero attached hydrogens (tertiary/aromatic N) is 15. The van der Waals surface area contributed by atoms with E-state index < -0.39 is 0 Å². The Morgan fingerprint density at radius 3 is 0.827 bits per heavy atom. The normalized spacial score (nSPS) is 11.6. The largest absolute Gasteiger partial charge is 0.456 e. The zero-order valence-corrected chi connectivity index (χ0v) is 80.2. The van der Waals surface area contributed by atoms with Crippen LogP contribution >= 0.6 is 0 Å². The van der Waals surface area contributed by atoms with Crippen LogP contribution in [-0.2, 0) is 0 Å². The predicted molar refractivity (Wildman–Crippen MR) is 603 cm³/mol. The van der Waals surface area contributed by atoms with Gasteiger partial charge in [0.25, 0.3) is 0 Å². The maximum atomic E-state index is 6.24. The van der Waals surface area contributed by atoms with E-state index in [0.717, 1.165) is 215 Å². The van der Waals surface area contributed by atoms with Crippen LogP contribution < -0.4 is 0 Å². The third kappa shape index (κ3) is 15.8. The Labute approximate surface area is 857 Å². The molecule has 0 radical (unpaired) electrons. The molecule has 18 nitrogen and oxygen atoms in total. The van der Waals surface area contributed by atoms with E-state index in [1.165, 1.54) is 10.8 Å². The lowest BCUT2D eigenvalue weighted by Crippen LogP contribution is -2.04. The first-order chi connectivity index (χ1) is 74.3. The highest BCUT2D eigenvalue weighted by Crippen LogP contribution is 2.45. The smallest absolute Gasteiger partial charge is 0.182 e. The molecule has 0 aliphatic heterocycles. The third-order valence-corrected chi connectivity index (χ3v) is 28.0. The Morgan fingerprint density at radius 1 is 0.160 bits per heavy atom. The summed E-state index contributed by atoms with van der Waals surface area (Å²) < 4.78 is 25.5. The van der Waals surface area contributed by atoms with Crippen LogP contribution in [0, 0.1) is 0 Å². The van der Waals surface area contributed by atoms with Crippen molar-refractivity contribution in [3.05, 3.63) is 492 Å². The second-order valence-corrected chi connectivity index (χ2v) is 37.0. The summed E-state index contributed by atoms with van der Waals surface area (Å²) in [5.74, 6) is 5.35. The van der Waals surface area contributed by atoms with Crippen LogP contribution in [0.4, 0.5) is 0 Å². The number of aromatic nitrogens is 15. The monoisotopic (exact) mass is 1920 g/mol. The van der Waals surface area contributed by atoms with Crippen molar-refractivity contribution in [3.8, 4) is 153 Å². The van der Waals surface area contributed by atoms with E-state index in [2.05, 4.69) is 237 Å². The molecule has 18 heteroatoms. The molecule has 30 rings (SSSR count). The van der Waals surface area contributed by atoms with E-state index in [0.29, 0.717) is 58.1 Å². The van der Waals surface area contributed by atoms with Crippen LogP contribution in [0.5, 0.6) is 0 Å². The van der Waals surface area contributed by atoms with E-state index in [9.17, 15) is 0 Å². The molecule has 12 heterocycles. The van der Waals surface area contributed by atoms with E-state index in [1.807, 2.05) is 267 Å². The Hall–Kier alpha value is -20.8. The Morgan fingerprint density at radius 2 is 0.453 bits per heavy atom. The lowest BCUT2D eigenvalue weighted by molar-refractivity contribution is 0.668. The standard InChI is InChI=1S/3C44H27N5O/c1-3-11-28(12-4-1)42-46-43(29-13-5-2-6-14-29)48-44(47-42)37-23-21-32(27-45-37)49-38-17-9-7-15-33(38)36-25-30(20-24-39(36)49)31-19-22-35-34-16-8-10-18-40(34)50-41(35)26-31;1-3-11-28(12-4-1)42-46-43(29-13-5-2-6-14-29)48-44(47-42)32-23-33(27-45-26-32)49-38-17-9-7-15-34(38)37-24-30(20-22-39(37)49)31-19-21-36-35-16-8-10-18-40(35)50-41(36)25-31;1-3-11-28(12-4-1)42-46-43(29-13-5-2-6-14-29)48-44(47-42)35-23-24-45-27-39(35)49-37-17-9-7-15-32(37)36-25-30(20-22-38(36)49)31-19-21-34-33-16-8-10-18-40(33)50-41(34)26-31/h3*1-27H. The van der Waals surface area contributed by atoms with Gasteiger partial charge in [-0.25, -0.2) is 44.9 Å². The zero-order chi connectivity index (χ0) is 99.1. The van der Waals surface area contributed by atoms with Gasteiger partial charge in [-0.1, -0.05) is 328 Å². The predicted octanol–water partition coefficient (Wildman–Crippen LogP) is 32.8. The number of fused-ring (bicyclic) bond motifs is 18. The molecule has 18 aromatic carbocycles. The molecule has 0 unspecified atom stereocenters. The number of pyridine rings is 3. The lowest BCUT2D eigenvalue weighted by Gasteiger charge is -2.14. The lowest BCUT2D eigenvalue weighted by atomic mass is 10.0. The summed E-state index contributed by atoms with van der Waals surface area (Å²) in [7, 11) is 0. The average Bonchev–Trinajstić information content (AvgIpc) is 1.58. The van der Waals surface area contributed by atoms with Crippen molar-refractivity contribution in [2.24, 2.45) is 0 Å². The van der Waals surface area contributed by atoms with E-state index in [-0.39, 0.29) is 0 Å². The van der Waals surface area contributed by atoms with Gasteiger partial charge in [0.2, 0.25) is 0 Å². The van der Waals surface area contributed by atoms with E-state index in [1.54, 1.807) is 6.20 Å². The van der Waals surface area contributed by atoms with Crippen molar-refractivity contribution in [1.82, 2.24) is 73.5 Å². The SMILES string of the molecule is c1ccc(-c2nc(-c3ccccc3)nc(-c3ccc(-n4c5ccccc5c5cc(-c6ccc7c(c6)oc6ccccc67)ccc54)cn3)n2)cc1.c1ccc(-c2nc(-c3ccccc3)nc(-c3ccncc3-n3c4ccccc4c4cc(-c5ccc6c(c5)oc5ccccc56)ccc43)n2)cc1.c1ccc(-c2nc(-c3ccccc3)nc(-c3cncc(-n4c5ccccc5c5cc(-c6ccc7c(c6)oc6ccccc67)ccc54)c3)n2)cc1. The summed E-state index contributed by atoms with van der Waals surface area (Å²) in [5, 5.41) is 13.7. The Kier molecular flexibility index (Phi) is 21.4. The highest BCUT2D eigenvalue weighted by atomic mass is 16.3. The topological polar surface area (TPSA) is 209 Å². The molecular weight excluding hydrogens is 1840 g/mol. The van der Waals surface area contributed by atoms with Crippen LogP contribution in [-0.4, -0.2) is 73.5 Å². The molecule has 150 heavy (non-hydrogen) atoms. The minimum Gasteiger partial charge on any atom is -0.456 e.